The molecule has 24 heavy (non-hydrogen) atoms. The predicted octanol–water partition coefficient (Wildman–Crippen LogP) is 3.91. The number of hydrogen-bond donors (Lipinski definition) is 2. The van der Waals surface area contributed by atoms with E-state index in [1.165, 1.54) is 5.56 Å². The number of rotatable bonds is 9. The standard InChI is InChI=1S/C19H28N4O/c1-14(2)9-11-21-19-22-15(3)13-18(23-19)20-12-10-16-7-5-6-8-17(16)24-4/h5-8,13-14H,9-12H2,1-4H3,(H2,20,21,22,23). The van der Waals surface area contributed by atoms with Crippen molar-refractivity contribution in [3.8, 4) is 5.75 Å². The summed E-state index contributed by atoms with van der Waals surface area (Å²) < 4.78 is 5.39. The van der Waals surface area contributed by atoms with Crippen molar-refractivity contribution in [1.82, 2.24) is 9.97 Å². The van der Waals surface area contributed by atoms with Crippen LogP contribution < -0.4 is 15.4 Å². The Hall–Kier alpha value is -2.30. The molecule has 2 rings (SSSR count). The van der Waals surface area contributed by atoms with E-state index in [0.717, 1.165) is 43.2 Å². The lowest BCUT2D eigenvalue weighted by Crippen LogP contribution is -2.12. The van der Waals surface area contributed by atoms with Crippen molar-refractivity contribution >= 4 is 11.8 Å². The Kier molecular flexibility index (Phi) is 6.85. The van der Waals surface area contributed by atoms with E-state index in [2.05, 4.69) is 40.5 Å². The summed E-state index contributed by atoms with van der Waals surface area (Å²) in [5.41, 5.74) is 2.14. The second kappa shape index (κ2) is 9.11. The highest BCUT2D eigenvalue weighted by atomic mass is 16.5. The van der Waals surface area contributed by atoms with Gasteiger partial charge in [-0.25, -0.2) is 4.98 Å². The third-order valence-electron chi connectivity index (χ3n) is 3.75. The van der Waals surface area contributed by atoms with Crippen LogP contribution in [0.5, 0.6) is 5.75 Å². The lowest BCUT2D eigenvalue weighted by molar-refractivity contribution is 0.410. The molecule has 5 nitrogen and oxygen atoms in total. The average molecular weight is 328 g/mol. The van der Waals surface area contributed by atoms with Crippen LogP contribution in [0.25, 0.3) is 0 Å². The third-order valence-corrected chi connectivity index (χ3v) is 3.75. The Morgan fingerprint density at radius 1 is 1.08 bits per heavy atom. The van der Waals surface area contributed by atoms with Crippen LogP contribution in [-0.2, 0) is 6.42 Å². The normalized spacial score (nSPS) is 10.7. The fraction of sp³-hybridized carbons (Fsp3) is 0.474. The molecule has 0 atom stereocenters. The Morgan fingerprint density at radius 3 is 2.62 bits per heavy atom. The first-order chi connectivity index (χ1) is 11.6. The Bertz CT molecular complexity index is 643. The van der Waals surface area contributed by atoms with Gasteiger partial charge in [-0.1, -0.05) is 32.0 Å². The molecule has 0 bridgehead atoms. The zero-order chi connectivity index (χ0) is 17.4. The summed E-state index contributed by atoms with van der Waals surface area (Å²) in [6, 6.07) is 10.1. The van der Waals surface area contributed by atoms with Gasteiger partial charge in [-0.2, -0.15) is 4.98 Å². The van der Waals surface area contributed by atoms with E-state index in [1.54, 1.807) is 7.11 Å². The molecule has 0 aliphatic heterocycles. The number of anilines is 2. The molecule has 0 amide bonds. The zero-order valence-corrected chi connectivity index (χ0v) is 15.1. The van der Waals surface area contributed by atoms with Crippen molar-refractivity contribution in [3.63, 3.8) is 0 Å². The molecule has 0 saturated heterocycles. The van der Waals surface area contributed by atoms with Crippen LogP contribution in [0, 0.1) is 12.8 Å². The van der Waals surface area contributed by atoms with Gasteiger partial charge in [0.25, 0.3) is 0 Å². The van der Waals surface area contributed by atoms with Gasteiger partial charge in [-0.3, -0.25) is 0 Å². The molecule has 0 fully saturated rings. The highest BCUT2D eigenvalue weighted by Crippen LogP contribution is 2.18. The fourth-order valence-electron chi connectivity index (χ4n) is 2.45. The van der Waals surface area contributed by atoms with E-state index in [9.17, 15) is 0 Å². The average Bonchev–Trinajstić information content (AvgIpc) is 2.54. The van der Waals surface area contributed by atoms with Crippen LogP contribution in [-0.4, -0.2) is 30.2 Å². The van der Waals surface area contributed by atoms with Gasteiger partial charge < -0.3 is 15.4 Å². The van der Waals surface area contributed by atoms with Crippen molar-refractivity contribution in [2.45, 2.75) is 33.6 Å². The molecule has 0 saturated carbocycles. The number of hydrogen-bond acceptors (Lipinski definition) is 5. The topological polar surface area (TPSA) is 59.1 Å². The maximum absolute atomic E-state index is 5.39. The first-order valence-electron chi connectivity index (χ1n) is 8.54. The van der Waals surface area contributed by atoms with Gasteiger partial charge in [-0.15, -0.1) is 0 Å². The largest absolute Gasteiger partial charge is 0.496 e. The SMILES string of the molecule is COc1ccccc1CCNc1cc(C)nc(NCCC(C)C)n1. The highest BCUT2D eigenvalue weighted by molar-refractivity contribution is 5.42. The van der Waals surface area contributed by atoms with Crippen LogP contribution >= 0.6 is 0 Å². The molecule has 1 aromatic heterocycles. The van der Waals surface area contributed by atoms with E-state index < -0.39 is 0 Å². The van der Waals surface area contributed by atoms with E-state index in [4.69, 9.17) is 4.74 Å². The van der Waals surface area contributed by atoms with Gasteiger partial charge in [0.2, 0.25) is 5.95 Å². The van der Waals surface area contributed by atoms with Crippen LogP contribution in [0.2, 0.25) is 0 Å². The predicted molar refractivity (Wildman–Crippen MR) is 99.9 cm³/mol. The second-order valence-electron chi connectivity index (χ2n) is 6.32. The monoisotopic (exact) mass is 328 g/mol. The Labute approximate surface area is 144 Å². The molecule has 1 heterocycles. The number of benzene rings is 1. The molecular weight excluding hydrogens is 300 g/mol. The summed E-state index contributed by atoms with van der Waals surface area (Å²) >= 11 is 0. The number of aryl methyl sites for hydroxylation is 1. The summed E-state index contributed by atoms with van der Waals surface area (Å²) in [7, 11) is 1.70. The second-order valence-corrected chi connectivity index (χ2v) is 6.32. The molecule has 130 valence electrons. The zero-order valence-electron chi connectivity index (χ0n) is 15.1. The molecule has 0 radical (unpaired) electrons. The number of aromatic nitrogens is 2. The maximum atomic E-state index is 5.39. The molecule has 1 aromatic carbocycles. The van der Waals surface area contributed by atoms with E-state index >= 15 is 0 Å². The quantitative estimate of drug-likeness (QED) is 0.731. The van der Waals surface area contributed by atoms with Gasteiger partial charge in [0.05, 0.1) is 7.11 Å². The first kappa shape index (κ1) is 18.0. The minimum Gasteiger partial charge on any atom is -0.496 e. The minimum absolute atomic E-state index is 0.667. The third kappa shape index (κ3) is 5.72. The van der Waals surface area contributed by atoms with Crippen LogP contribution in [0.4, 0.5) is 11.8 Å². The lowest BCUT2D eigenvalue weighted by atomic mass is 10.1. The first-order valence-corrected chi connectivity index (χ1v) is 8.54. The van der Waals surface area contributed by atoms with Crippen molar-refractivity contribution in [3.05, 3.63) is 41.6 Å². The summed E-state index contributed by atoms with van der Waals surface area (Å²) in [5.74, 6) is 3.13. The van der Waals surface area contributed by atoms with Crippen molar-refractivity contribution < 1.29 is 4.74 Å². The molecule has 5 heteroatoms. The summed E-state index contributed by atoms with van der Waals surface area (Å²) in [4.78, 5) is 8.98. The summed E-state index contributed by atoms with van der Waals surface area (Å²) in [6.45, 7) is 8.10. The van der Waals surface area contributed by atoms with Crippen LogP contribution in [0.15, 0.2) is 30.3 Å². The smallest absolute Gasteiger partial charge is 0.224 e. The number of methoxy groups -OCH3 is 1. The molecular formula is C19H28N4O. The fourth-order valence-corrected chi connectivity index (χ4v) is 2.45. The number of para-hydroxylation sites is 1. The van der Waals surface area contributed by atoms with Crippen molar-refractivity contribution in [2.75, 3.05) is 30.8 Å². The molecule has 2 aromatic rings. The highest BCUT2D eigenvalue weighted by Gasteiger charge is 2.04. The van der Waals surface area contributed by atoms with Crippen molar-refractivity contribution in [1.29, 1.82) is 0 Å². The van der Waals surface area contributed by atoms with Crippen LogP contribution in [0.1, 0.15) is 31.5 Å². The van der Waals surface area contributed by atoms with Gasteiger partial charge in [-0.05, 0) is 37.3 Å². The van der Waals surface area contributed by atoms with Gasteiger partial charge in [0.15, 0.2) is 0 Å². The minimum atomic E-state index is 0.667. The molecule has 0 aliphatic rings. The van der Waals surface area contributed by atoms with Crippen LogP contribution in [0.3, 0.4) is 0 Å². The van der Waals surface area contributed by atoms with E-state index in [-0.39, 0.29) is 0 Å². The maximum Gasteiger partial charge on any atom is 0.224 e. The summed E-state index contributed by atoms with van der Waals surface area (Å²) in [6.07, 6.45) is 1.98. The van der Waals surface area contributed by atoms with Gasteiger partial charge >= 0.3 is 0 Å². The van der Waals surface area contributed by atoms with Crippen molar-refractivity contribution in [2.24, 2.45) is 5.92 Å². The number of nitrogens with zero attached hydrogens (tertiary/aromatic N) is 2. The van der Waals surface area contributed by atoms with Gasteiger partial charge in [0, 0.05) is 24.8 Å². The van der Waals surface area contributed by atoms with E-state index in [1.807, 2.05) is 31.2 Å². The molecule has 0 spiro atoms. The number of ether oxygens (including phenoxy) is 1. The molecule has 0 unspecified atom stereocenters. The lowest BCUT2D eigenvalue weighted by Gasteiger charge is -2.12. The Morgan fingerprint density at radius 2 is 1.88 bits per heavy atom. The van der Waals surface area contributed by atoms with Gasteiger partial charge in [0.1, 0.15) is 11.6 Å². The van der Waals surface area contributed by atoms with E-state index in [0.29, 0.717) is 11.9 Å². The molecule has 2 N–H and O–H groups in total. The Balaban J connectivity index is 1.91. The summed E-state index contributed by atoms with van der Waals surface area (Å²) in [5, 5.41) is 6.68. The number of nitrogens with one attached hydrogen (secondary N) is 2. The molecule has 0 aliphatic carbocycles.